The average molecular weight is 185 g/mol. The molecule has 0 aliphatic heterocycles. The lowest BCUT2D eigenvalue weighted by molar-refractivity contribution is 0.115. The minimum absolute atomic E-state index is 0.301. The molecule has 68 valence electrons. The van der Waals surface area contributed by atoms with Crippen LogP contribution in [0, 0.1) is 12.8 Å². The van der Waals surface area contributed by atoms with Crippen LogP contribution in [0.2, 0.25) is 0 Å². The van der Waals surface area contributed by atoms with Gasteiger partial charge in [0.25, 0.3) is 0 Å². The monoisotopic (exact) mass is 185 g/mol. The third-order valence-corrected chi connectivity index (χ3v) is 3.11. The minimum atomic E-state index is -0.381. The first kappa shape index (κ1) is 9.68. The minimum Gasteiger partial charge on any atom is -0.386 e. The molecule has 1 N–H and O–H groups in total. The van der Waals surface area contributed by atoms with Crippen LogP contribution in [-0.2, 0) is 0 Å². The standard InChI is InChI=1S/C9H15NOS/c1-4-6(2)8(11)9-10-7(3)5-12-9/h5-6,8,11H,4H2,1-3H3. The molecule has 0 radical (unpaired) electrons. The second kappa shape index (κ2) is 4.01. The maximum Gasteiger partial charge on any atom is 0.122 e. The quantitative estimate of drug-likeness (QED) is 0.785. The van der Waals surface area contributed by atoms with Crippen molar-refractivity contribution in [3.8, 4) is 0 Å². The van der Waals surface area contributed by atoms with Gasteiger partial charge in [-0.25, -0.2) is 4.98 Å². The first-order valence-electron chi connectivity index (χ1n) is 4.25. The Morgan fingerprint density at radius 2 is 2.33 bits per heavy atom. The smallest absolute Gasteiger partial charge is 0.122 e. The van der Waals surface area contributed by atoms with Gasteiger partial charge in [0.1, 0.15) is 11.1 Å². The second-order valence-corrected chi connectivity index (χ2v) is 4.05. The predicted octanol–water partition coefficient (Wildman–Crippen LogP) is 2.53. The summed E-state index contributed by atoms with van der Waals surface area (Å²) in [6, 6.07) is 0. The number of thiazole rings is 1. The maximum absolute atomic E-state index is 9.75. The molecule has 0 amide bonds. The highest BCUT2D eigenvalue weighted by Crippen LogP contribution is 2.26. The fourth-order valence-corrected chi connectivity index (χ4v) is 1.89. The van der Waals surface area contributed by atoms with Crippen molar-refractivity contribution in [3.05, 3.63) is 16.1 Å². The molecule has 0 saturated heterocycles. The van der Waals surface area contributed by atoms with Crippen molar-refractivity contribution in [1.29, 1.82) is 0 Å². The Bertz CT molecular complexity index is 246. The van der Waals surface area contributed by atoms with Crippen molar-refractivity contribution in [2.75, 3.05) is 0 Å². The summed E-state index contributed by atoms with van der Waals surface area (Å²) in [6.45, 7) is 6.07. The topological polar surface area (TPSA) is 33.1 Å². The lowest BCUT2D eigenvalue weighted by atomic mass is 10.0. The lowest BCUT2D eigenvalue weighted by Crippen LogP contribution is -2.07. The van der Waals surface area contributed by atoms with Gasteiger partial charge in [-0.2, -0.15) is 0 Å². The van der Waals surface area contributed by atoms with E-state index in [4.69, 9.17) is 0 Å². The van der Waals surface area contributed by atoms with Gasteiger partial charge in [-0.1, -0.05) is 20.3 Å². The highest BCUT2D eigenvalue weighted by Gasteiger charge is 2.17. The third-order valence-electron chi connectivity index (χ3n) is 2.07. The summed E-state index contributed by atoms with van der Waals surface area (Å²) in [5.74, 6) is 0.301. The zero-order valence-corrected chi connectivity index (χ0v) is 8.56. The van der Waals surface area contributed by atoms with E-state index in [0.717, 1.165) is 17.1 Å². The van der Waals surface area contributed by atoms with Crippen molar-refractivity contribution < 1.29 is 5.11 Å². The van der Waals surface area contributed by atoms with E-state index in [1.54, 1.807) is 11.3 Å². The molecular weight excluding hydrogens is 170 g/mol. The molecule has 0 spiro atoms. The van der Waals surface area contributed by atoms with E-state index >= 15 is 0 Å². The van der Waals surface area contributed by atoms with Gasteiger partial charge in [0.15, 0.2) is 0 Å². The average Bonchev–Trinajstić information content (AvgIpc) is 2.49. The molecule has 2 unspecified atom stereocenters. The molecule has 0 aliphatic rings. The number of hydrogen-bond donors (Lipinski definition) is 1. The van der Waals surface area contributed by atoms with Gasteiger partial charge in [-0.05, 0) is 12.8 Å². The van der Waals surface area contributed by atoms with E-state index < -0.39 is 0 Å². The number of aromatic nitrogens is 1. The Morgan fingerprint density at radius 1 is 1.67 bits per heavy atom. The number of nitrogens with zero attached hydrogens (tertiary/aromatic N) is 1. The van der Waals surface area contributed by atoms with Crippen LogP contribution in [0.3, 0.4) is 0 Å². The van der Waals surface area contributed by atoms with Crippen LogP contribution in [0.15, 0.2) is 5.38 Å². The number of aryl methyl sites for hydroxylation is 1. The normalized spacial score (nSPS) is 16.0. The molecule has 0 bridgehead atoms. The summed E-state index contributed by atoms with van der Waals surface area (Å²) in [5, 5.41) is 12.6. The number of aliphatic hydroxyl groups is 1. The van der Waals surface area contributed by atoms with Crippen LogP contribution < -0.4 is 0 Å². The predicted molar refractivity (Wildman–Crippen MR) is 51.3 cm³/mol. The van der Waals surface area contributed by atoms with Gasteiger partial charge < -0.3 is 5.11 Å². The van der Waals surface area contributed by atoms with Gasteiger partial charge in [-0.3, -0.25) is 0 Å². The Kier molecular flexibility index (Phi) is 3.23. The Morgan fingerprint density at radius 3 is 2.75 bits per heavy atom. The van der Waals surface area contributed by atoms with Crippen LogP contribution in [-0.4, -0.2) is 10.1 Å². The van der Waals surface area contributed by atoms with Crippen molar-refractivity contribution in [3.63, 3.8) is 0 Å². The highest BCUT2D eigenvalue weighted by molar-refractivity contribution is 7.09. The third kappa shape index (κ3) is 2.05. The molecule has 0 fully saturated rings. The maximum atomic E-state index is 9.75. The zero-order valence-electron chi connectivity index (χ0n) is 7.74. The first-order chi connectivity index (χ1) is 5.65. The fourth-order valence-electron chi connectivity index (χ4n) is 0.975. The second-order valence-electron chi connectivity index (χ2n) is 3.16. The lowest BCUT2D eigenvalue weighted by Gasteiger charge is -2.13. The van der Waals surface area contributed by atoms with Crippen LogP contribution >= 0.6 is 11.3 Å². The number of rotatable bonds is 3. The van der Waals surface area contributed by atoms with Gasteiger partial charge in [0, 0.05) is 11.1 Å². The SMILES string of the molecule is CCC(C)C(O)c1nc(C)cs1. The Balaban J connectivity index is 2.70. The van der Waals surface area contributed by atoms with Crippen LogP contribution in [0.5, 0.6) is 0 Å². The summed E-state index contributed by atoms with van der Waals surface area (Å²) in [7, 11) is 0. The number of aliphatic hydroxyl groups excluding tert-OH is 1. The van der Waals surface area contributed by atoms with E-state index in [1.165, 1.54) is 0 Å². The van der Waals surface area contributed by atoms with E-state index in [0.29, 0.717) is 5.92 Å². The Labute approximate surface area is 77.3 Å². The molecule has 1 heterocycles. The molecule has 1 aromatic heterocycles. The van der Waals surface area contributed by atoms with Gasteiger partial charge in [0.2, 0.25) is 0 Å². The van der Waals surface area contributed by atoms with Crippen molar-refractivity contribution in [1.82, 2.24) is 4.98 Å². The molecule has 0 saturated carbocycles. The van der Waals surface area contributed by atoms with Gasteiger partial charge in [-0.15, -0.1) is 11.3 Å². The summed E-state index contributed by atoms with van der Waals surface area (Å²) >= 11 is 1.54. The first-order valence-corrected chi connectivity index (χ1v) is 5.13. The zero-order chi connectivity index (χ0) is 9.14. The molecule has 3 heteroatoms. The fraction of sp³-hybridized carbons (Fsp3) is 0.667. The van der Waals surface area contributed by atoms with E-state index in [-0.39, 0.29) is 6.10 Å². The molecule has 1 aromatic rings. The van der Waals surface area contributed by atoms with E-state index in [9.17, 15) is 5.11 Å². The molecule has 0 aromatic carbocycles. The molecule has 12 heavy (non-hydrogen) atoms. The molecule has 2 nitrogen and oxygen atoms in total. The molecule has 0 aliphatic carbocycles. The summed E-state index contributed by atoms with van der Waals surface area (Å²) in [5.41, 5.74) is 0.998. The van der Waals surface area contributed by atoms with Crippen LogP contribution in [0.4, 0.5) is 0 Å². The van der Waals surface area contributed by atoms with Gasteiger partial charge in [0.05, 0.1) is 0 Å². The van der Waals surface area contributed by atoms with E-state index in [2.05, 4.69) is 11.9 Å². The van der Waals surface area contributed by atoms with Crippen LogP contribution in [0.25, 0.3) is 0 Å². The van der Waals surface area contributed by atoms with Crippen molar-refractivity contribution >= 4 is 11.3 Å². The van der Waals surface area contributed by atoms with Crippen molar-refractivity contribution in [2.45, 2.75) is 33.3 Å². The molecule has 2 atom stereocenters. The van der Waals surface area contributed by atoms with Crippen LogP contribution in [0.1, 0.15) is 37.1 Å². The van der Waals surface area contributed by atoms with Crippen molar-refractivity contribution in [2.24, 2.45) is 5.92 Å². The number of hydrogen-bond acceptors (Lipinski definition) is 3. The summed E-state index contributed by atoms with van der Waals surface area (Å²) < 4.78 is 0. The summed E-state index contributed by atoms with van der Waals surface area (Å²) in [4.78, 5) is 4.25. The largest absolute Gasteiger partial charge is 0.386 e. The molecular formula is C9H15NOS. The van der Waals surface area contributed by atoms with Gasteiger partial charge >= 0.3 is 0 Å². The molecule has 1 rings (SSSR count). The highest BCUT2D eigenvalue weighted by atomic mass is 32.1. The Hall–Kier alpha value is -0.410. The summed E-state index contributed by atoms with van der Waals surface area (Å²) in [6.07, 6.45) is 0.605. The van der Waals surface area contributed by atoms with E-state index in [1.807, 2.05) is 19.2 Å².